The van der Waals surface area contributed by atoms with Crippen molar-refractivity contribution in [3.63, 3.8) is 0 Å². The lowest BCUT2D eigenvalue weighted by Gasteiger charge is -2.11. The molecule has 0 bridgehead atoms. The molecule has 0 radical (unpaired) electrons. The number of rotatable bonds is 3. The fourth-order valence-electron chi connectivity index (χ4n) is 1.68. The van der Waals surface area contributed by atoms with Gasteiger partial charge in [-0.25, -0.2) is 0 Å². The SMILES string of the molecule is NC1(COc2ccc3ncccc3c2)CC1. The molecule has 1 saturated carbocycles. The van der Waals surface area contributed by atoms with E-state index in [2.05, 4.69) is 4.98 Å². The van der Waals surface area contributed by atoms with Gasteiger partial charge in [0.1, 0.15) is 12.4 Å². The summed E-state index contributed by atoms with van der Waals surface area (Å²) < 4.78 is 5.69. The van der Waals surface area contributed by atoms with Gasteiger partial charge < -0.3 is 10.5 Å². The predicted octanol–water partition coefficient (Wildman–Crippen LogP) is 2.10. The van der Waals surface area contributed by atoms with Gasteiger partial charge in [-0.3, -0.25) is 4.98 Å². The number of fused-ring (bicyclic) bond motifs is 1. The van der Waals surface area contributed by atoms with Crippen LogP contribution in [0.3, 0.4) is 0 Å². The molecule has 0 amide bonds. The first kappa shape index (κ1) is 9.60. The van der Waals surface area contributed by atoms with Gasteiger partial charge in [0, 0.05) is 11.6 Å². The number of ether oxygens (including phenoxy) is 1. The minimum Gasteiger partial charge on any atom is -0.492 e. The number of aromatic nitrogens is 1. The Bertz CT molecular complexity index is 520. The molecule has 3 rings (SSSR count). The molecular formula is C13H14N2O. The molecule has 0 saturated heterocycles. The predicted molar refractivity (Wildman–Crippen MR) is 63.4 cm³/mol. The fraction of sp³-hybridized carbons (Fsp3) is 0.308. The van der Waals surface area contributed by atoms with Crippen LogP contribution in [-0.2, 0) is 0 Å². The average Bonchev–Trinajstić information content (AvgIpc) is 3.05. The Morgan fingerprint density at radius 2 is 2.19 bits per heavy atom. The van der Waals surface area contributed by atoms with E-state index < -0.39 is 0 Å². The maximum absolute atomic E-state index is 5.97. The molecule has 0 spiro atoms. The lowest BCUT2D eigenvalue weighted by atomic mass is 10.2. The van der Waals surface area contributed by atoms with E-state index in [0.717, 1.165) is 29.5 Å². The van der Waals surface area contributed by atoms with Gasteiger partial charge in [-0.05, 0) is 37.1 Å². The van der Waals surface area contributed by atoms with E-state index in [-0.39, 0.29) is 5.54 Å². The van der Waals surface area contributed by atoms with Crippen LogP contribution < -0.4 is 10.5 Å². The largest absolute Gasteiger partial charge is 0.492 e. The fourth-order valence-corrected chi connectivity index (χ4v) is 1.68. The molecular weight excluding hydrogens is 200 g/mol. The summed E-state index contributed by atoms with van der Waals surface area (Å²) >= 11 is 0. The molecule has 3 nitrogen and oxygen atoms in total. The first-order valence-corrected chi connectivity index (χ1v) is 5.52. The maximum Gasteiger partial charge on any atom is 0.120 e. The van der Waals surface area contributed by atoms with Crippen LogP contribution >= 0.6 is 0 Å². The Morgan fingerprint density at radius 3 is 3.00 bits per heavy atom. The summed E-state index contributed by atoms with van der Waals surface area (Å²) in [5.74, 6) is 0.872. The zero-order valence-corrected chi connectivity index (χ0v) is 9.02. The van der Waals surface area contributed by atoms with E-state index >= 15 is 0 Å². The highest BCUT2D eigenvalue weighted by Crippen LogP contribution is 2.32. The molecule has 1 heterocycles. The van der Waals surface area contributed by atoms with Crippen molar-refractivity contribution < 1.29 is 4.74 Å². The Labute approximate surface area is 94.2 Å². The maximum atomic E-state index is 5.97. The van der Waals surface area contributed by atoms with Crippen molar-refractivity contribution in [2.24, 2.45) is 5.73 Å². The lowest BCUT2D eigenvalue weighted by Crippen LogP contribution is -2.29. The van der Waals surface area contributed by atoms with Crippen LogP contribution in [0.2, 0.25) is 0 Å². The third-order valence-electron chi connectivity index (χ3n) is 2.99. The molecule has 0 unspecified atom stereocenters. The Balaban J connectivity index is 1.81. The molecule has 16 heavy (non-hydrogen) atoms. The standard InChI is InChI=1S/C13H14N2O/c14-13(5-6-13)9-16-11-3-4-12-10(8-11)2-1-7-15-12/h1-4,7-8H,5-6,9,14H2. The summed E-state index contributed by atoms with van der Waals surface area (Å²) in [5.41, 5.74) is 6.89. The topological polar surface area (TPSA) is 48.1 Å². The first-order valence-electron chi connectivity index (χ1n) is 5.52. The van der Waals surface area contributed by atoms with Gasteiger partial charge in [-0.2, -0.15) is 0 Å². The molecule has 0 aliphatic heterocycles. The molecule has 1 aliphatic rings. The number of pyridine rings is 1. The van der Waals surface area contributed by atoms with Crippen molar-refractivity contribution in [2.45, 2.75) is 18.4 Å². The third kappa shape index (κ3) is 1.86. The summed E-state index contributed by atoms with van der Waals surface area (Å²) in [7, 11) is 0. The second-order valence-electron chi connectivity index (χ2n) is 4.51. The van der Waals surface area contributed by atoms with E-state index in [4.69, 9.17) is 10.5 Å². The number of nitrogens with two attached hydrogens (primary N) is 1. The Kier molecular flexibility index (Phi) is 2.07. The van der Waals surface area contributed by atoms with Crippen LogP contribution in [0.15, 0.2) is 36.5 Å². The van der Waals surface area contributed by atoms with Crippen LogP contribution in [0.1, 0.15) is 12.8 Å². The second kappa shape index (κ2) is 3.46. The van der Waals surface area contributed by atoms with Crippen LogP contribution in [-0.4, -0.2) is 17.1 Å². The molecule has 1 aromatic carbocycles. The molecule has 2 N–H and O–H groups in total. The van der Waals surface area contributed by atoms with Gasteiger partial charge in [-0.1, -0.05) is 6.07 Å². The summed E-state index contributed by atoms with van der Waals surface area (Å²) in [4.78, 5) is 4.26. The Hall–Kier alpha value is -1.61. The van der Waals surface area contributed by atoms with E-state index in [9.17, 15) is 0 Å². The lowest BCUT2D eigenvalue weighted by molar-refractivity contribution is 0.280. The number of hydrogen-bond acceptors (Lipinski definition) is 3. The molecule has 82 valence electrons. The van der Waals surface area contributed by atoms with Crippen LogP contribution in [0.25, 0.3) is 10.9 Å². The van der Waals surface area contributed by atoms with Gasteiger partial charge >= 0.3 is 0 Å². The highest BCUT2D eigenvalue weighted by Gasteiger charge is 2.39. The van der Waals surface area contributed by atoms with E-state index in [1.54, 1.807) is 6.20 Å². The molecule has 0 atom stereocenters. The van der Waals surface area contributed by atoms with Crippen LogP contribution in [0.4, 0.5) is 0 Å². The number of benzene rings is 1. The van der Waals surface area contributed by atoms with Crippen molar-refractivity contribution in [3.05, 3.63) is 36.5 Å². The Morgan fingerprint density at radius 1 is 1.31 bits per heavy atom. The molecule has 2 aromatic rings. The summed E-state index contributed by atoms with van der Waals surface area (Å²) in [6, 6.07) is 9.89. The molecule has 1 aromatic heterocycles. The van der Waals surface area contributed by atoms with Crippen molar-refractivity contribution in [1.29, 1.82) is 0 Å². The molecule has 3 heteroatoms. The zero-order valence-electron chi connectivity index (χ0n) is 9.02. The van der Waals surface area contributed by atoms with Gasteiger partial charge in [-0.15, -0.1) is 0 Å². The van der Waals surface area contributed by atoms with Crippen molar-refractivity contribution in [3.8, 4) is 5.75 Å². The summed E-state index contributed by atoms with van der Waals surface area (Å²) in [6.07, 6.45) is 3.94. The average molecular weight is 214 g/mol. The van der Waals surface area contributed by atoms with Crippen molar-refractivity contribution in [1.82, 2.24) is 4.98 Å². The second-order valence-corrected chi connectivity index (χ2v) is 4.51. The normalized spacial score (nSPS) is 17.3. The van der Waals surface area contributed by atoms with E-state index in [1.807, 2.05) is 30.3 Å². The quantitative estimate of drug-likeness (QED) is 0.851. The van der Waals surface area contributed by atoms with Crippen LogP contribution in [0.5, 0.6) is 5.75 Å². The zero-order chi connectivity index (χ0) is 11.0. The summed E-state index contributed by atoms with van der Waals surface area (Å²) in [6.45, 7) is 0.610. The van der Waals surface area contributed by atoms with Gasteiger partial charge in [0.25, 0.3) is 0 Å². The van der Waals surface area contributed by atoms with Crippen LogP contribution in [0, 0.1) is 0 Å². The van der Waals surface area contributed by atoms with Gasteiger partial charge in [0.15, 0.2) is 0 Å². The van der Waals surface area contributed by atoms with Crippen molar-refractivity contribution >= 4 is 10.9 Å². The monoisotopic (exact) mass is 214 g/mol. The van der Waals surface area contributed by atoms with Gasteiger partial charge in [0.05, 0.1) is 11.1 Å². The molecule has 1 aliphatic carbocycles. The summed E-state index contributed by atoms with van der Waals surface area (Å²) in [5, 5.41) is 1.10. The number of nitrogens with zero attached hydrogens (tertiary/aromatic N) is 1. The smallest absolute Gasteiger partial charge is 0.120 e. The minimum atomic E-state index is -0.0656. The van der Waals surface area contributed by atoms with Gasteiger partial charge in [0.2, 0.25) is 0 Å². The minimum absolute atomic E-state index is 0.0656. The van der Waals surface area contributed by atoms with Crippen molar-refractivity contribution in [2.75, 3.05) is 6.61 Å². The van der Waals surface area contributed by atoms with E-state index in [1.165, 1.54) is 0 Å². The molecule has 1 fully saturated rings. The first-order chi connectivity index (χ1) is 7.75. The number of hydrogen-bond donors (Lipinski definition) is 1. The third-order valence-corrected chi connectivity index (χ3v) is 2.99. The highest BCUT2D eigenvalue weighted by molar-refractivity contribution is 5.79. The van der Waals surface area contributed by atoms with E-state index in [0.29, 0.717) is 6.61 Å². The highest BCUT2D eigenvalue weighted by atomic mass is 16.5.